The van der Waals surface area contributed by atoms with Crippen LogP contribution in [-0.2, 0) is 10.0 Å². The molecule has 9 heteroatoms. The van der Waals surface area contributed by atoms with Gasteiger partial charge in [0.2, 0.25) is 10.0 Å². The number of hydrogen-bond donors (Lipinski definition) is 3. The zero-order valence-corrected chi connectivity index (χ0v) is 8.33. The van der Waals surface area contributed by atoms with Crippen LogP contribution in [0.5, 0.6) is 0 Å². The number of nitrogens with zero attached hydrogens (tertiary/aromatic N) is 1. The first-order valence-electron chi connectivity index (χ1n) is 3.60. The van der Waals surface area contributed by atoms with Crippen molar-refractivity contribution >= 4 is 21.9 Å². The van der Waals surface area contributed by atoms with E-state index in [1.165, 1.54) is 0 Å². The third kappa shape index (κ3) is 2.77. The summed E-state index contributed by atoms with van der Waals surface area (Å²) >= 11 is 0. The van der Waals surface area contributed by atoms with Gasteiger partial charge in [-0.1, -0.05) is 0 Å². The number of carboxylic acid groups (broad SMARTS) is 1. The average molecular weight is 233 g/mol. The number of H-pyrrole nitrogens is 1. The molecule has 0 aliphatic carbocycles. The molecule has 1 heterocycles. The Labute approximate surface area is 84.4 Å². The van der Waals surface area contributed by atoms with Crippen LogP contribution in [0.3, 0.4) is 0 Å². The Morgan fingerprint density at radius 3 is 2.60 bits per heavy atom. The summed E-state index contributed by atoms with van der Waals surface area (Å²) in [5.41, 5.74) is -0.941. The van der Waals surface area contributed by atoms with Crippen LogP contribution in [0, 0.1) is 0 Å². The lowest BCUT2D eigenvalue weighted by Gasteiger charge is -1.99. The second kappa shape index (κ2) is 3.69. The van der Waals surface area contributed by atoms with Crippen molar-refractivity contribution in [3.05, 3.63) is 17.7 Å². The van der Waals surface area contributed by atoms with E-state index in [0.29, 0.717) is 0 Å². The largest absolute Gasteiger partial charge is 0.477 e. The van der Waals surface area contributed by atoms with E-state index in [9.17, 15) is 18.0 Å². The van der Waals surface area contributed by atoms with Crippen LogP contribution < -0.4 is 4.72 Å². The van der Waals surface area contributed by atoms with E-state index in [1.807, 2.05) is 0 Å². The molecule has 0 saturated heterocycles. The first-order chi connectivity index (χ1) is 6.81. The number of imidazole rings is 1. The highest BCUT2D eigenvalue weighted by atomic mass is 32.2. The first kappa shape index (κ1) is 11.2. The Bertz CT molecular complexity index is 503. The maximum Gasteiger partial charge on any atom is 0.354 e. The van der Waals surface area contributed by atoms with Gasteiger partial charge in [-0.15, -0.1) is 0 Å². The zero-order valence-electron chi connectivity index (χ0n) is 7.51. The number of hydrogen-bond acceptors (Lipinski definition) is 5. The number of amides is 1. The number of carboxylic acids is 1. The fourth-order valence-electron chi connectivity index (χ4n) is 0.846. The fourth-order valence-corrected chi connectivity index (χ4v) is 1.28. The molecule has 0 spiro atoms. The van der Waals surface area contributed by atoms with Gasteiger partial charge in [0, 0.05) is 0 Å². The van der Waals surface area contributed by atoms with Gasteiger partial charge >= 0.3 is 5.97 Å². The molecule has 0 aromatic carbocycles. The number of sulfonamides is 1. The molecule has 8 nitrogen and oxygen atoms in total. The van der Waals surface area contributed by atoms with Crippen LogP contribution in [0.2, 0.25) is 0 Å². The highest BCUT2D eigenvalue weighted by molar-refractivity contribution is 7.89. The molecule has 0 fully saturated rings. The van der Waals surface area contributed by atoms with Crippen LogP contribution in [0.4, 0.5) is 0 Å². The Morgan fingerprint density at radius 1 is 1.53 bits per heavy atom. The molecule has 0 aliphatic heterocycles. The molecule has 0 atom stereocenters. The number of carbonyl (C=O) groups excluding carboxylic acids is 1. The number of aromatic nitrogens is 2. The van der Waals surface area contributed by atoms with Crippen LogP contribution in [0.25, 0.3) is 0 Å². The minimum absolute atomic E-state index is 0.462. The van der Waals surface area contributed by atoms with E-state index in [4.69, 9.17) is 5.11 Å². The minimum Gasteiger partial charge on any atom is -0.477 e. The molecule has 0 saturated carbocycles. The van der Waals surface area contributed by atoms with Crippen molar-refractivity contribution in [2.45, 2.75) is 0 Å². The van der Waals surface area contributed by atoms with Crippen molar-refractivity contribution in [3.8, 4) is 0 Å². The molecule has 1 rings (SSSR count). The number of aromatic carboxylic acids is 1. The molecule has 1 aromatic rings. The summed E-state index contributed by atoms with van der Waals surface area (Å²) in [6.07, 6.45) is 1.76. The molecule has 1 amide bonds. The Morgan fingerprint density at radius 2 is 2.13 bits per heavy atom. The number of carbonyl (C=O) groups is 2. The van der Waals surface area contributed by atoms with E-state index in [1.54, 1.807) is 4.72 Å². The third-order valence-corrected chi connectivity index (χ3v) is 1.90. The standard InChI is InChI=1S/C6H7N3O5S/c1-15(13,14)9-5(10)3-4(6(11)12)8-2-7-3/h2H,1H3,(H,7,8)(H,9,10)(H,11,12). The fraction of sp³-hybridized carbons (Fsp3) is 0.167. The first-order valence-corrected chi connectivity index (χ1v) is 5.49. The van der Waals surface area contributed by atoms with Crippen molar-refractivity contribution in [1.82, 2.24) is 14.7 Å². The number of aromatic amines is 1. The lowest BCUT2D eigenvalue weighted by Crippen LogP contribution is -2.30. The molecule has 0 radical (unpaired) electrons. The van der Waals surface area contributed by atoms with Crippen LogP contribution in [0.15, 0.2) is 6.33 Å². The van der Waals surface area contributed by atoms with Gasteiger partial charge in [-0.05, 0) is 0 Å². The molecule has 0 unspecified atom stereocenters. The summed E-state index contributed by atoms with van der Waals surface area (Å²) < 4.78 is 23.0. The van der Waals surface area contributed by atoms with Gasteiger partial charge in [0.15, 0.2) is 11.4 Å². The predicted octanol–water partition coefficient (Wildman–Crippen LogP) is -1.20. The Hall–Kier alpha value is -1.90. The summed E-state index contributed by atoms with van der Waals surface area (Å²) in [7, 11) is -3.74. The molecule has 1 aromatic heterocycles. The second-order valence-electron chi connectivity index (χ2n) is 2.63. The van der Waals surface area contributed by atoms with Crippen molar-refractivity contribution in [1.29, 1.82) is 0 Å². The van der Waals surface area contributed by atoms with Crippen LogP contribution in [-0.4, -0.2) is 41.6 Å². The molecule has 82 valence electrons. The summed E-state index contributed by atoms with van der Waals surface area (Å²) in [5.74, 6) is -2.48. The number of rotatable bonds is 3. The summed E-state index contributed by atoms with van der Waals surface area (Å²) in [6.45, 7) is 0. The van der Waals surface area contributed by atoms with Gasteiger partial charge in [0.1, 0.15) is 0 Å². The van der Waals surface area contributed by atoms with Crippen molar-refractivity contribution in [3.63, 3.8) is 0 Å². The maximum absolute atomic E-state index is 11.2. The van der Waals surface area contributed by atoms with E-state index >= 15 is 0 Å². The van der Waals surface area contributed by atoms with E-state index in [0.717, 1.165) is 12.6 Å². The van der Waals surface area contributed by atoms with Crippen molar-refractivity contribution < 1.29 is 23.1 Å². The predicted molar refractivity (Wildman–Crippen MR) is 47.9 cm³/mol. The van der Waals surface area contributed by atoms with Gasteiger partial charge < -0.3 is 10.1 Å². The van der Waals surface area contributed by atoms with Crippen LogP contribution >= 0.6 is 0 Å². The lowest BCUT2D eigenvalue weighted by molar-refractivity contribution is 0.0685. The summed E-state index contributed by atoms with van der Waals surface area (Å²) in [5, 5.41) is 8.60. The lowest BCUT2D eigenvalue weighted by atomic mass is 10.3. The maximum atomic E-state index is 11.2. The van der Waals surface area contributed by atoms with Gasteiger partial charge in [-0.25, -0.2) is 22.9 Å². The second-order valence-corrected chi connectivity index (χ2v) is 4.38. The molecule has 3 N–H and O–H groups in total. The van der Waals surface area contributed by atoms with Crippen LogP contribution in [0.1, 0.15) is 21.0 Å². The van der Waals surface area contributed by atoms with Gasteiger partial charge in [-0.3, -0.25) is 4.79 Å². The van der Waals surface area contributed by atoms with Gasteiger partial charge in [-0.2, -0.15) is 0 Å². The van der Waals surface area contributed by atoms with E-state index in [-0.39, 0.29) is 0 Å². The summed E-state index contributed by atoms with van der Waals surface area (Å²) in [4.78, 5) is 27.4. The zero-order chi connectivity index (χ0) is 11.6. The number of nitrogens with one attached hydrogen (secondary N) is 2. The Kier molecular flexibility index (Phi) is 2.75. The normalized spacial score (nSPS) is 11.0. The van der Waals surface area contributed by atoms with E-state index in [2.05, 4.69) is 9.97 Å². The van der Waals surface area contributed by atoms with Gasteiger partial charge in [0.05, 0.1) is 12.6 Å². The molecule has 0 bridgehead atoms. The SMILES string of the molecule is CS(=O)(=O)NC(=O)c1nc[nH]c1C(=O)O. The van der Waals surface area contributed by atoms with Crippen molar-refractivity contribution in [2.24, 2.45) is 0 Å². The molecular formula is C6H7N3O5S. The Balaban J connectivity index is 3.02. The van der Waals surface area contributed by atoms with Gasteiger partial charge in [0.25, 0.3) is 5.91 Å². The third-order valence-electron chi connectivity index (χ3n) is 1.35. The average Bonchev–Trinajstić information content (AvgIpc) is 2.47. The quantitative estimate of drug-likeness (QED) is 0.601. The highest BCUT2D eigenvalue weighted by Crippen LogP contribution is 2.02. The summed E-state index contributed by atoms with van der Waals surface area (Å²) in [6, 6.07) is 0. The molecular weight excluding hydrogens is 226 g/mol. The topological polar surface area (TPSA) is 129 Å². The highest BCUT2D eigenvalue weighted by Gasteiger charge is 2.21. The monoisotopic (exact) mass is 233 g/mol. The molecule has 0 aliphatic rings. The molecule has 15 heavy (non-hydrogen) atoms. The van der Waals surface area contributed by atoms with Crippen molar-refractivity contribution in [2.75, 3.05) is 6.26 Å². The smallest absolute Gasteiger partial charge is 0.354 e. The van der Waals surface area contributed by atoms with E-state index < -0.39 is 33.3 Å². The minimum atomic E-state index is -3.74.